The minimum atomic E-state index is 0.489. The first-order chi connectivity index (χ1) is 11.7. The number of hydrogen-bond acceptors (Lipinski definition) is 6. The summed E-state index contributed by atoms with van der Waals surface area (Å²) in [5, 5.41) is 1.02. The molecule has 0 unspecified atom stereocenters. The molecule has 0 radical (unpaired) electrons. The van der Waals surface area contributed by atoms with Crippen molar-refractivity contribution >= 4 is 16.7 Å². The Morgan fingerprint density at radius 3 is 2.46 bits per heavy atom. The van der Waals surface area contributed by atoms with Gasteiger partial charge in [0.15, 0.2) is 5.82 Å². The van der Waals surface area contributed by atoms with Crippen molar-refractivity contribution in [2.75, 3.05) is 38.2 Å². The van der Waals surface area contributed by atoms with Crippen LogP contribution in [0.3, 0.4) is 0 Å². The molecule has 2 heterocycles. The van der Waals surface area contributed by atoms with Crippen molar-refractivity contribution < 1.29 is 4.74 Å². The largest absolute Gasteiger partial charge is 0.377 e. The third-order valence-corrected chi connectivity index (χ3v) is 5.24. The van der Waals surface area contributed by atoms with Crippen molar-refractivity contribution in [3.63, 3.8) is 0 Å². The first kappa shape index (κ1) is 17.3. The van der Waals surface area contributed by atoms with E-state index in [-0.39, 0.29) is 0 Å². The van der Waals surface area contributed by atoms with E-state index >= 15 is 0 Å². The van der Waals surface area contributed by atoms with Gasteiger partial charge >= 0.3 is 0 Å². The molecule has 1 aliphatic heterocycles. The van der Waals surface area contributed by atoms with Crippen molar-refractivity contribution in [1.29, 1.82) is 0 Å². The van der Waals surface area contributed by atoms with Crippen molar-refractivity contribution in [1.82, 2.24) is 14.3 Å². The van der Waals surface area contributed by atoms with Crippen molar-refractivity contribution in [2.24, 2.45) is 0 Å². The Bertz CT molecular complexity index is 633. The zero-order chi connectivity index (χ0) is 16.9. The van der Waals surface area contributed by atoms with E-state index < -0.39 is 0 Å². The molecule has 3 rings (SSSR count). The maximum Gasteiger partial charge on any atom is 0.205 e. The lowest BCUT2D eigenvalue weighted by Crippen LogP contribution is -2.45. The number of ether oxygens (including phenoxy) is 1. The second-order valence-corrected chi connectivity index (χ2v) is 7.32. The summed E-state index contributed by atoms with van der Waals surface area (Å²) in [6.07, 6.45) is 0. The minimum absolute atomic E-state index is 0.489. The molecule has 0 amide bonds. The van der Waals surface area contributed by atoms with Gasteiger partial charge in [0.25, 0.3) is 0 Å². The van der Waals surface area contributed by atoms with E-state index in [0.717, 1.165) is 43.7 Å². The second kappa shape index (κ2) is 8.05. The van der Waals surface area contributed by atoms with Crippen LogP contribution in [0.1, 0.15) is 36.7 Å². The summed E-state index contributed by atoms with van der Waals surface area (Å²) in [5.41, 5.74) is 2.80. The first-order valence-electron chi connectivity index (χ1n) is 8.53. The van der Waals surface area contributed by atoms with Crippen LogP contribution < -0.4 is 4.90 Å². The second-order valence-electron chi connectivity index (χ2n) is 6.59. The Labute approximate surface area is 148 Å². The summed E-state index contributed by atoms with van der Waals surface area (Å²) >= 11 is 1.47. The highest BCUT2D eigenvalue weighted by molar-refractivity contribution is 7.09. The summed E-state index contributed by atoms with van der Waals surface area (Å²) in [6, 6.07) is 9.05. The van der Waals surface area contributed by atoms with Crippen LogP contribution in [0, 0.1) is 0 Å². The highest BCUT2D eigenvalue weighted by atomic mass is 32.1. The van der Waals surface area contributed by atoms with Crippen LogP contribution in [0.2, 0.25) is 0 Å². The summed E-state index contributed by atoms with van der Waals surface area (Å²) in [4.78, 5) is 9.39. The van der Waals surface area contributed by atoms with Crippen LogP contribution in [0.5, 0.6) is 0 Å². The SMILES string of the molecule is COCc1nsc(N2CCN(Cc3ccc(C(C)C)cc3)CC2)n1. The van der Waals surface area contributed by atoms with Crippen molar-refractivity contribution in [2.45, 2.75) is 32.9 Å². The fraction of sp³-hybridized carbons (Fsp3) is 0.556. The number of benzene rings is 1. The molecule has 0 atom stereocenters. The number of rotatable bonds is 6. The number of hydrogen-bond donors (Lipinski definition) is 0. The number of anilines is 1. The Morgan fingerprint density at radius 2 is 1.83 bits per heavy atom. The van der Waals surface area contributed by atoms with Gasteiger partial charge in [0.2, 0.25) is 5.13 Å². The number of nitrogens with zero attached hydrogens (tertiary/aromatic N) is 4. The third kappa shape index (κ3) is 4.32. The maximum absolute atomic E-state index is 5.09. The molecule has 0 bridgehead atoms. The molecule has 1 aromatic heterocycles. The highest BCUT2D eigenvalue weighted by Gasteiger charge is 2.20. The fourth-order valence-corrected chi connectivity index (χ4v) is 3.65. The van der Waals surface area contributed by atoms with E-state index in [4.69, 9.17) is 4.74 Å². The van der Waals surface area contributed by atoms with Gasteiger partial charge in [-0.25, -0.2) is 4.98 Å². The number of aromatic nitrogens is 2. The highest BCUT2D eigenvalue weighted by Crippen LogP contribution is 2.20. The van der Waals surface area contributed by atoms with Crippen molar-refractivity contribution in [3.05, 3.63) is 41.2 Å². The van der Waals surface area contributed by atoms with Gasteiger partial charge in [-0.3, -0.25) is 4.90 Å². The first-order valence-corrected chi connectivity index (χ1v) is 9.30. The topological polar surface area (TPSA) is 41.5 Å². The van der Waals surface area contributed by atoms with E-state index in [0.29, 0.717) is 12.5 Å². The molecule has 130 valence electrons. The molecular formula is C18H26N4OS. The van der Waals surface area contributed by atoms with Crippen LogP contribution in [0.15, 0.2) is 24.3 Å². The Morgan fingerprint density at radius 1 is 1.12 bits per heavy atom. The predicted molar refractivity (Wildman–Crippen MR) is 98.6 cm³/mol. The molecule has 5 nitrogen and oxygen atoms in total. The van der Waals surface area contributed by atoms with Crippen LogP contribution in [-0.2, 0) is 17.9 Å². The van der Waals surface area contributed by atoms with Gasteiger partial charge in [-0.1, -0.05) is 38.1 Å². The Hall–Kier alpha value is -1.50. The fourth-order valence-electron chi connectivity index (χ4n) is 2.92. The van der Waals surface area contributed by atoms with Crippen LogP contribution in [0.4, 0.5) is 5.13 Å². The van der Waals surface area contributed by atoms with E-state index in [1.807, 2.05) is 0 Å². The van der Waals surface area contributed by atoms with E-state index in [1.165, 1.54) is 22.7 Å². The molecular weight excluding hydrogens is 320 g/mol. The van der Waals surface area contributed by atoms with Gasteiger partial charge in [0.1, 0.15) is 6.61 Å². The zero-order valence-corrected chi connectivity index (χ0v) is 15.6. The molecule has 24 heavy (non-hydrogen) atoms. The van der Waals surface area contributed by atoms with Gasteiger partial charge in [-0.2, -0.15) is 4.37 Å². The molecule has 1 fully saturated rings. The normalized spacial score (nSPS) is 16.1. The average Bonchev–Trinajstić information content (AvgIpc) is 3.05. The van der Waals surface area contributed by atoms with E-state index in [1.54, 1.807) is 7.11 Å². The summed E-state index contributed by atoms with van der Waals surface area (Å²) in [6.45, 7) is 10.1. The summed E-state index contributed by atoms with van der Waals surface area (Å²) < 4.78 is 9.43. The molecule has 2 aromatic rings. The van der Waals surface area contributed by atoms with Crippen LogP contribution in [-0.4, -0.2) is 47.5 Å². The molecule has 0 aliphatic carbocycles. The predicted octanol–water partition coefficient (Wildman–Crippen LogP) is 3.13. The third-order valence-electron chi connectivity index (χ3n) is 4.43. The van der Waals surface area contributed by atoms with Crippen LogP contribution >= 0.6 is 11.5 Å². The smallest absolute Gasteiger partial charge is 0.205 e. The van der Waals surface area contributed by atoms with Gasteiger partial charge in [0, 0.05) is 51.4 Å². The molecule has 1 saturated heterocycles. The summed E-state index contributed by atoms with van der Waals surface area (Å²) in [5.74, 6) is 1.38. The molecule has 6 heteroatoms. The Kier molecular flexibility index (Phi) is 5.81. The monoisotopic (exact) mass is 346 g/mol. The average molecular weight is 347 g/mol. The lowest BCUT2D eigenvalue weighted by molar-refractivity contribution is 0.179. The quantitative estimate of drug-likeness (QED) is 0.804. The van der Waals surface area contributed by atoms with Gasteiger partial charge < -0.3 is 9.64 Å². The number of piperazine rings is 1. The van der Waals surface area contributed by atoms with Gasteiger partial charge in [-0.15, -0.1) is 0 Å². The minimum Gasteiger partial charge on any atom is -0.377 e. The maximum atomic E-state index is 5.09. The van der Waals surface area contributed by atoms with Crippen LogP contribution in [0.25, 0.3) is 0 Å². The van der Waals surface area contributed by atoms with Crippen molar-refractivity contribution in [3.8, 4) is 0 Å². The lowest BCUT2D eigenvalue weighted by atomic mass is 10.0. The summed E-state index contributed by atoms with van der Waals surface area (Å²) in [7, 11) is 1.67. The molecule has 1 aliphatic rings. The molecule has 0 N–H and O–H groups in total. The zero-order valence-electron chi connectivity index (χ0n) is 14.7. The molecule has 0 saturated carbocycles. The standard InChI is InChI=1S/C18H26N4OS/c1-14(2)16-6-4-15(5-7-16)12-21-8-10-22(11-9-21)18-19-17(13-23-3)20-24-18/h4-7,14H,8-13H2,1-3H3. The van der Waals surface area contributed by atoms with E-state index in [9.17, 15) is 0 Å². The number of methoxy groups -OCH3 is 1. The Balaban J connectivity index is 1.51. The van der Waals surface area contributed by atoms with Gasteiger partial charge in [0.05, 0.1) is 0 Å². The molecule has 0 spiro atoms. The lowest BCUT2D eigenvalue weighted by Gasteiger charge is -2.34. The van der Waals surface area contributed by atoms with Gasteiger partial charge in [-0.05, 0) is 17.0 Å². The molecule has 1 aromatic carbocycles. The van der Waals surface area contributed by atoms with E-state index in [2.05, 4.69) is 57.3 Å².